The predicted octanol–water partition coefficient (Wildman–Crippen LogP) is 4.79. The van der Waals surface area contributed by atoms with Gasteiger partial charge in [-0.25, -0.2) is 0 Å². The molecule has 1 heterocycles. The molecule has 0 saturated carbocycles. The summed E-state index contributed by atoms with van der Waals surface area (Å²) >= 11 is 9.88. The van der Waals surface area contributed by atoms with E-state index in [0.717, 1.165) is 48.1 Å². The monoisotopic (exact) mass is 480 g/mol. The van der Waals surface area contributed by atoms with E-state index in [0.29, 0.717) is 36.1 Å². The number of carbonyl (C=O) groups is 1. The summed E-state index contributed by atoms with van der Waals surface area (Å²) in [6.07, 6.45) is 2.59. The fourth-order valence-corrected chi connectivity index (χ4v) is 4.02. The number of halogens is 2. The molecule has 1 amide bonds. The number of rotatable bonds is 10. The van der Waals surface area contributed by atoms with Gasteiger partial charge in [0.1, 0.15) is 6.61 Å². The second-order valence-corrected chi connectivity index (χ2v) is 8.21. The molecule has 1 aliphatic heterocycles. The molecule has 1 fully saturated rings. The van der Waals surface area contributed by atoms with Crippen molar-refractivity contribution in [3.8, 4) is 11.5 Å². The summed E-state index contributed by atoms with van der Waals surface area (Å²) in [5.74, 6) is 1.65. The Hall–Kier alpha value is -1.76. The number of benzene rings is 2. The van der Waals surface area contributed by atoms with Crippen LogP contribution in [0.25, 0.3) is 0 Å². The van der Waals surface area contributed by atoms with Crippen LogP contribution in [0.15, 0.2) is 40.9 Å². The Morgan fingerprint density at radius 1 is 1.24 bits per heavy atom. The number of ether oxygens (including phenoxy) is 2. The van der Waals surface area contributed by atoms with Crippen molar-refractivity contribution in [2.24, 2.45) is 0 Å². The number of carbonyl (C=O) groups excluding carboxylic acids is 1. The number of amides is 1. The van der Waals surface area contributed by atoms with Crippen LogP contribution in [0.4, 0.5) is 0 Å². The van der Waals surface area contributed by atoms with Crippen LogP contribution in [0, 0.1) is 0 Å². The maximum Gasteiger partial charge on any atom is 0.222 e. The van der Waals surface area contributed by atoms with Crippen LogP contribution in [0.1, 0.15) is 30.4 Å². The zero-order valence-electron chi connectivity index (χ0n) is 16.5. The Labute approximate surface area is 185 Å². The molecule has 156 valence electrons. The molecule has 0 atom stereocenters. The van der Waals surface area contributed by atoms with Crippen LogP contribution >= 0.6 is 27.5 Å². The van der Waals surface area contributed by atoms with E-state index in [-0.39, 0.29) is 5.91 Å². The van der Waals surface area contributed by atoms with Crippen molar-refractivity contribution in [2.75, 3.05) is 26.7 Å². The Morgan fingerprint density at radius 3 is 2.79 bits per heavy atom. The molecular weight excluding hydrogens is 456 g/mol. The summed E-state index contributed by atoms with van der Waals surface area (Å²) in [4.78, 5) is 13.6. The van der Waals surface area contributed by atoms with Gasteiger partial charge < -0.3 is 19.7 Å². The number of methoxy groups -OCH3 is 1. The number of nitrogens with one attached hydrogen (secondary N) is 1. The Bertz CT molecular complexity index is 847. The normalized spacial score (nSPS) is 13.8. The zero-order valence-corrected chi connectivity index (χ0v) is 18.9. The third-order valence-electron chi connectivity index (χ3n) is 4.97. The van der Waals surface area contributed by atoms with Crippen molar-refractivity contribution in [1.29, 1.82) is 0 Å². The minimum atomic E-state index is 0.274. The minimum Gasteiger partial charge on any atom is -0.493 e. The molecular formula is C22H26BrClN2O3. The first-order chi connectivity index (χ1) is 14.1. The SMILES string of the molecule is COc1ccc(Br)c(CNCCCN2CCCC2=O)c1OCc1ccccc1Cl. The quantitative estimate of drug-likeness (QED) is 0.496. The average molecular weight is 482 g/mol. The molecule has 1 N–H and O–H groups in total. The van der Waals surface area contributed by atoms with Gasteiger partial charge in [-0.05, 0) is 37.6 Å². The van der Waals surface area contributed by atoms with Gasteiger partial charge >= 0.3 is 0 Å². The third-order valence-corrected chi connectivity index (χ3v) is 6.08. The van der Waals surface area contributed by atoms with Gasteiger partial charge in [-0.3, -0.25) is 4.79 Å². The first kappa shape index (κ1) is 21.9. The number of nitrogens with zero attached hydrogens (tertiary/aromatic N) is 1. The van der Waals surface area contributed by atoms with E-state index >= 15 is 0 Å². The summed E-state index contributed by atoms with van der Waals surface area (Å²) in [6, 6.07) is 11.5. The van der Waals surface area contributed by atoms with Gasteiger partial charge in [0, 0.05) is 46.7 Å². The summed E-state index contributed by atoms with van der Waals surface area (Å²) in [6.45, 7) is 3.50. The minimum absolute atomic E-state index is 0.274. The molecule has 0 unspecified atom stereocenters. The molecule has 0 spiro atoms. The van der Waals surface area contributed by atoms with E-state index in [4.69, 9.17) is 21.1 Å². The lowest BCUT2D eigenvalue weighted by Crippen LogP contribution is -2.28. The van der Waals surface area contributed by atoms with Crippen LogP contribution in [-0.2, 0) is 17.9 Å². The second kappa shape index (κ2) is 10.9. The van der Waals surface area contributed by atoms with Gasteiger partial charge in [0.25, 0.3) is 0 Å². The highest BCUT2D eigenvalue weighted by atomic mass is 79.9. The fraction of sp³-hybridized carbons (Fsp3) is 0.409. The first-order valence-electron chi connectivity index (χ1n) is 9.80. The number of hydrogen-bond donors (Lipinski definition) is 1. The van der Waals surface area contributed by atoms with Crippen molar-refractivity contribution < 1.29 is 14.3 Å². The average Bonchev–Trinajstić information content (AvgIpc) is 3.13. The topological polar surface area (TPSA) is 50.8 Å². The van der Waals surface area contributed by atoms with Crippen molar-refractivity contribution in [3.05, 3.63) is 57.0 Å². The molecule has 0 radical (unpaired) electrons. The maximum atomic E-state index is 11.7. The lowest BCUT2D eigenvalue weighted by molar-refractivity contribution is -0.127. The van der Waals surface area contributed by atoms with Gasteiger partial charge in [0.05, 0.1) is 7.11 Å². The van der Waals surface area contributed by atoms with Gasteiger partial charge in [-0.2, -0.15) is 0 Å². The zero-order chi connectivity index (χ0) is 20.6. The summed E-state index contributed by atoms with van der Waals surface area (Å²) in [5, 5.41) is 4.13. The molecule has 0 aromatic heterocycles. The number of hydrogen-bond acceptors (Lipinski definition) is 4. The molecule has 2 aromatic rings. The third kappa shape index (κ3) is 5.87. The van der Waals surface area contributed by atoms with E-state index in [9.17, 15) is 4.79 Å². The Kier molecular flexibility index (Phi) is 8.21. The maximum absolute atomic E-state index is 11.7. The molecule has 1 saturated heterocycles. The summed E-state index contributed by atoms with van der Waals surface area (Å²) in [7, 11) is 1.63. The lowest BCUT2D eigenvalue weighted by atomic mass is 10.1. The molecule has 5 nitrogen and oxygen atoms in total. The van der Waals surface area contributed by atoms with Gasteiger partial charge in [0.15, 0.2) is 11.5 Å². The summed E-state index contributed by atoms with van der Waals surface area (Å²) < 4.78 is 12.6. The van der Waals surface area contributed by atoms with Crippen molar-refractivity contribution in [3.63, 3.8) is 0 Å². The van der Waals surface area contributed by atoms with E-state index in [2.05, 4.69) is 21.2 Å². The molecule has 0 bridgehead atoms. The van der Waals surface area contributed by atoms with Crippen LogP contribution in [-0.4, -0.2) is 37.6 Å². The van der Waals surface area contributed by atoms with E-state index in [1.54, 1.807) is 7.11 Å². The van der Waals surface area contributed by atoms with Crippen molar-refractivity contribution >= 4 is 33.4 Å². The molecule has 29 heavy (non-hydrogen) atoms. The van der Waals surface area contributed by atoms with Crippen molar-refractivity contribution in [2.45, 2.75) is 32.4 Å². The van der Waals surface area contributed by atoms with Gasteiger partial charge in [-0.1, -0.05) is 45.7 Å². The highest BCUT2D eigenvalue weighted by molar-refractivity contribution is 9.10. The summed E-state index contributed by atoms with van der Waals surface area (Å²) in [5.41, 5.74) is 1.92. The Morgan fingerprint density at radius 2 is 2.07 bits per heavy atom. The van der Waals surface area contributed by atoms with E-state index in [1.807, 2.05) is 41.3 Å². The molecule has 2 aromatic carbocycles. The largest absolute Gasteiger partial charge is 0.493 e. The Balaban J connectivity index is 1.61. The van der Waals surface area contributed by atoms with Crippen LogP contribution in [0.2, 0.25) is 5.02 Å². The fourth-order valence-electron chi connectivity index (χ4n) is 3.38. The van der Waals surface area contributed by atoms with Gasteiger partial charge in [0.2, 0.25) is 5.91 Å². The molecule has 0 aliphatic carbocycles. The number of likely N-dealkylation sites (tertiary alicyclic amines) is 1. The van der Waals surface area contributed by atoms with Crippen LogP contribution in [0.5, 0.6) is 11.5 Å². The first-order valence-corrected chi connectivity index (χ1v) is 11.0. The molecule has 3 rings (SSSR count). The predicted molar refractivity (Wildman–Crippen MR) is 119 cm³/mol. The van der Waals surface area contributed by atoms with Crippen LogP contribution < -0.4 is 14.8 Å². The van der Waals surface area contributed by atoms with Crippen LogP contribution in [0.3, 0.4) is 0 Å². The smallest absolute Gasteiger partial charge is 0.222 e. The van der Waals surface area contributed by atoms with Gasteiger partial charge in [-0.15, -0.1) is 0 Å². The molecule has 1 aliphatic rings. The standard InChI is InChI=1S/C22H26BrClN2O3/c1-28-20-10-9-18(23)17(14-25-11-5-13-26-12-4-8-21(26)27)22(20)29-15-16-6-2-3-7-19(16)24/h2-3,6-7,9-10,25H,4-5,8,11-15H2,1H3. The van der Waals surface area contributed by atoms with E-state index < -0.39 is 0 Å². The molecule has 7 heteroatoms. The highest BCUT2D eigenvalue weighted by Crippen LogP contribution is 2.37. The lowest BCUT2D eigenvalue weighted by Gasteiger charge is -2.18. The second-order valence-electron chi connectivity index (χ2n) is 6.95. The highest BCUT2D eigenvalue weighted by Gasteiger charge is 2.19. The van der Waals surface area contributed by atoms with Crippen molar-refractivity contribution in [1.82, 2.24) is 10.2 Å². The van der Waals surface area contributed by atoms with E-state index in [1.165, 1.54) is 0 Å².